The first-order chi connectivity index (χ1) is 16.3. The molecule has 1 atom stereocenters. The van der Waals surface area contributed by atoms with Gasteiger partial charge < -0.3 is 20.9 Å². The minimum atomic E-state index is -0.283. The second kappa shape index (κ2) is 10.2. The van der Waals surface area contributed by atoms with Crippen molar-refractivity contribution in [1.29, 1.82) is 0 Å². The molecule has 34 heavy (non-hydrogen) atoms. The van der Waals surface area contributed by atoms with Gasteiger partial charge in [-0.25, -0.2) is 9.97 Å². The number of benzene rings is 1. The summed E-state index contributed by atoms with van der Waals surface area (Å²) < 4.78 is 0. The number of pyridine rings is 1. The first-order valence-corrected chi connectivity index (χ1v) is 11.2. The topological polar surface area (TPSA) is 113 Å². The van der Waals surface area contributed by atoms with Crippen LogP contribution in [0.1, 0.15) is 22.2 Å². The second-order valence-corrected chi connectivity index (χ2v) is 8.87. The van der Waals surface area contributed by atoms with Gasteiger partial charge in [-0.1, -0.05) is 29.3 Å². The van der Waals surface area contributed by atoms with Crippen LogP contribution < -0.4 is 11.1 Å². The molecule has 1 amide bonds. The number of amides is 1. The number of rotatable bonds is 7. The Bertz CT molecular complexity index is 1290. The molecule has 3 heterocycles. The molecule has 1 aromatic carbocycles. The molecule has 10 heteroatoms. The van der Waals surface area contributed by atoms with Crippen molar-refractivity contribution in [1.82, 2.24) is 30.2 Å². The van der Waals surface area contributed by atoms with Gasteiger partial charge in [0, 0.05) is 46.3 Å². The lowest BCUT2D eigenvalue weighted by atomic mass is 10.0. The summed E-state index contributed by atoms with van der Waals surface area (Å²) in [6, 6.07) is 12.2. The third-order valence-corrected chi connectivity index (χ3v) is 5.52. The zero-order valence-corrected chi connectivity index (χ0v) is 20.1. The predicted molar refractivity (Wildman–Crippen MR) is 135 cm³/mol. The average molecular weight is 496 g/mol. The van der Waals surface area contributed by atoms with Gasteiger partial charge in [0.2, 0.25) is 5.95 Å². The van der Waals surface area contributed by atoms with Gasteiger partial charge in [0.15, 0.2) is 0 Å². The van der Waals surface area contributed by atoms with Gasteiger partial charge in [0.05, 0.1) is 17.4 Å². The van der Waals surface area contributed by atoms with Gasteiger partial charge >= 0.3 is 0 Å². The maximum Gasteiger partial charge on any atom is 0.268 e. The Hall–Kier alpha value is -3.46. The maximum atomic E-state index is 13.1. The van der Waals surface area contributed by atoms with Gasteiger partial charge in [-0.3, -0.25) is 9.78 Å². The van der Waals surface area contributed by atoms with Crippen molar-refractivity contribution in [2.45, 2.75) is 6.04 Å². The second-order valence-electron chi connectivity index (χ2n) is 7.99. The van der Waals surface area contributed by atoms with Gasteiger partial charge in [-0.15, -0.1) is 0 Å². The Morgan fingerprint density at radius 2 is 1.88 bits per heavy atom. The Morgan fingerprint density at radius 3 is 2.56 bits per heavy atom. The summed E-state index contributed by atoms with van der Waals surface area (Å²) in [6.45, 7) is 0.596. The van der Waals surface area contributed by atoms with Crippen molar-refractivity contribution in [2.24, 2.45) is 0 Å². The monoisotopic (exact) mass is 495 g/mol. The van der Waals surface area contributed by atoms with Gasteiger partial charge in [-0.2, -0.15) is 0 Å². The van der Waals surface area contributed by atoms with E-state index in [2.05, 4.69) is 25.3 Å². The number of nitrogen functional groups attached to an aromatic ring is 1. The molecule has 4 rings (SSSR count). The summed E-state index contributed by atoms with van der Waals surface area (Å²) in [5.41, 5.74) is 9.67. The number of aromatic amines is 1. The fourth-order valence-electron chi connectivity index (χ4n) is 3.59. The summed E-state index contributed by atoms with van der Waals surface area (Å²) in [6.07, 6.45) is 5.02. The summed E-state index contributed by atoms with van der Waals surface area (Å²) in [5, 5.41) is 4.03. The van der Waals surface area contributed by atoms with Crippen molar-refractivity contribution in [2.75, 3.05) is 26.4 Å². The minimum absolute atomic E-state index is 0.111. The average Bonchev–Trinajstić information content (AvgIpc) is 3.28. The van der Waals surface area contributed by atoms with E-state index < -0.39 is 0 Å². The van der Waals surface area contributed by atoms with Gasteiger partial charge in [0.1, 0.15) is 5.69 Å². The quantitative estimate of drug-likeness (QED) is 0.348. The number of nitrogens with two attached hydrogens (primary N) is 1. The molecule has 0 aliphatic rings. The van der Waals surface area contributed by atoms with Crippen LogP contribution in [0.5, 0.6) is 0 Å². The molecule has 0 bridgehead atoms. The highest BCUT2D eigenvalue weighted by Crippen LogP contribution is 2.34. The largest absolute Gasteiger partial charge is 0.368 e. The molecule has 174 valence electrons. The third-order valence-electron chi connectivity index (χ3n) is 5.08. The van der Waals surface area contributed by atoms with E-state index in [0.717, 1.165) is 11.3 Å². The Labute approximate surface area is 207 Å². The van der Waals surface area contributed by atoms with E-state index in [1.807, 2.05) is 37.2 Å². The molecule has 0 spiro atoms. The van der Waals surface area contributed by atoms with Crippen molar-refractivity contribution in [3.05, 3.63) is 82.5 Å². The van der Waals surface area contributed by atoms with Crippen molar-refractivity contribution in [3.8, 4) is 22.4 Å². The third kappa shape index (κ3) is 5.53. The predicted octanol–water partition coefficient (Wildman–Crippen LogP) is 4.46. The zero-order chi connectivity index (χ0) is 24.2. The van der Waals surface area contributed by atoms with E-state index in [-0.39, 0.29) is 17.9 Å². The molecule has 0 radical (unpaired) electrons. The van der Waals surface area contributed by atoms with Crippen LogP contribution in [-0.4, -0.2) is 51.4 Å². The van der Waals surface area contributed by atoms with E-state index in [1.165, 1.54) is 0 Å². The number of nitrogens with one attached hydrogen (secondary N) is 2. The molecule has 8 nitrogen and oxygen atoms in total. The molecule has 0 aliphatic carbocycles. The summed E-state index contributed by atoms with van der Waals surface area (Å²) in [5.74, 6) is -0.154. The fraction of sp³-hybridized carbons (Fsp3) is 0.167. The van der Waals surface area contributed by atoms with Crippen LogP contribution in [0.4, 0.5) is 5.95 Å². The van der Waals surface area contributed by atoms with E-state index >= 15 is 0 Å². The highest BCUT2D eigenvalue weighted by molar-refractivity contribution is 6.35. The van der Waals surface area contributed by atoms with Crippen LogP contribution in [0, 0.1) is 0 Å². The standard InChI is InChI=1S/C24H23Cl2N7O/c1-33(2)13-21(19-5-3-4-6-28-19)31-23(34)20-9-15(11-29-20)22-18(12-30-24(27)32-22)14-7-16(25)10-17(26)8-14/h3-12,21,29H,13H2,1-2H3,(H,31,34)(H2,27,30,32). The lowest BCUT2D eigenvalue weighted by molar-refractivity contribution is 0.0924. The molecular formula is C24H23Cl2N7O. The molecule has 0 aliphatic heterocycles. The molecule has 0 saturated carbocycles. The van der Waals surface area contributed by atoms with Crippen molar-refractivity contribution < 1.29 is 4.79 Å². The molecule has 1 unspecified atom stereocenters. The Balaban J connectivity index is 1.64. The van der Waals surface area contributed by atoms with Crippen LogP contribution >= 0.6 is 23.2 Å². The van der Waals surface area contributed by atoms with Crippen LogP contribution in [0.3, 0.4) is 0 Å². The summed E-state index contributed by atoms with van der Waals surface area (Å²) >= 11 is 12.4. The molecule has 4 N–H and O–H groups in total. The lowest BCUT2D eigenvalue weighted by Crippen LogP contribution is -2.35. The number of nitrogens with zero attached hydrogens (tertiary/aromatic N) is 4. The van der Waals surface area contributed by atoms with Gasteiger partial charge in [0.25, 0.3) is 5.91 Å². The smallest absolute Gasteiger partial charge is 0.268 e. The van der Waals surface area contributed by atoms with E-state index in [0.29, 0.717) is 39.1 Å². The van der Waals surface area contributed by atoms with E-state index in [4.69, 9.17) is 28.9 Å². The molecular weight excluding hydrogens is 473 g/mol. The minimum Gasteiger partial charge on any atom is -0.368 e. The first kappa shape index (κ1) is 23.7. The molecule has 4 aromatic rings. The number of likely N-dealkylation sites (N-methyl/N-ethyl adjacent to an activating group) is 1. The number of halogens is 2. The van der Waals surface area contributed by atoms with Crippen LogP contribution in [0.25, 0.3) is 22.4 Å². The lowest BCUT2D eigenvalue weighted by Gasteiger charge is -2.21. The Morgan fingerprint density at radius 1 is 1.12 bits per heavy atom. The highest BCUT2D eigenvalue weighted by Gasteiger charge is 2.20. The van der Waals surface area contributed by atoms with Crippen LogP contribution in [0.2, 0.25) is 10.0 Å². The SMILES string of the molecule is CN(C)CC(NC(=O)c1cc(-c2nc(N)ncc2-c2cc(Cl)cc(Cl)c2)c[nH]1)c1ccccn1. The molecule has 0 saturated heterocycles. The number of carbonyl (C=O) groups is 1. The van der Waals surface area contributed by atoms with Crippen LogP contribution in [-0.2, 0) is 0 Å². The number of hydrogen-bond acceptors (Lipinski definition) is 6. The first-order valence-electron chi connectivity index (χ1n) is 10.4. The summed E-state index contributed by atoms with van der Waals surface area (Å²) in [7, 11) is 3.88. The highest BCUT2D eigenvalue weighted by atomic mass is 35.5. The summed E-state index contributed by atoms with van der Waals surface area (Å²) in [4.78, 5) is 31.0. The van der Waals surface area contributed by atoms with Crippen LogP contribution in [0.15, 0.2) is 61.1 Å². The molecule has 3 aromatic heterocycles. The van der Waals surface area contributed by atoms with Crippen molar-refractivity contribution in [3.63, 3.8) is 0 Å². The van der Waals surface area contributed by atoms with Crippen molar-refractivity contribution >= 4 is 35.1 Å². The van der Waals surface area contributed by atoms with E-state index in [1.54, 1.807) is 42.9 Å². The van der Waals surface area contributed by atoms with Gasteiger partial charge in [-0.05, 0) is 56.1 Å². The fourth-order valence-corrected chi connectivity index (χ4v) is 4.12. The number of hydrogen-bond donors (Lipinski definition) is 3. The number of carbonyl (C=O) groups excluding carboxylic acids is 1. The zero-order valence-electron chi connectivity index (χ0n) is 18.6. The number of H-pyrrole nitrogens is 1. The Kier molecular flexibility index (Phi) is 7.12. The normalized spacial score (nSPS) is 12.0. The number of aromatic nitrogens is 4. The number of anilines is 1. The molecule has 0 fully saturated rings. The van der Waals surface area contributed by atoms with E-state index in [9.17, 15) is 4.79 Å². The maximum absolute atomic E-state index is 13.1.